The zero-order valence-corrected chi connectivity index (χ0v) is 22.3. The molecule has 1 aromatic heterocycles. The summed E-state index contributed by atoms with van der Waals surface area (Å²) in [5.74, 6) is 3.51. The van der Waals surface area contributed by atoms with Crippen molar-refractivity contribution >= 4 is 29.9 Å². The van der Waals surface area contributed by atoms with E-state index in [2.05, 4.69) is 46.0 Å². The Morgan fingerprint density at radius 1 is 1.18 bits per heavy atom. The van der Waals surface area contributed by atoms with Crippen LogP contribution in [0.15, 0.2) is 23.2 Å². The highest BCUT2D eigenvalue weighted by atomic mass is 127. The molecule has 1 unspecified atom stereocenters. The van der Waals surface area contributed by atoms with E-state index in [4.69, 9.17) is 14.5 Å². The third kappa shape index (κ3) is 7.30. The van der Waals surface area contributed by atoms with Crippen molar-refractivity contribution in [3.8, 4) is 5.75 Å². The van der Waals surface area contributed by atoms with Crippen LogP contribution in [-0.2, 0) is 24.9 Å². The fourth-order valence-corrected chi connectivity index (χ4v) is 4.21. The molecular formula is C24H37IN6O2. The molecule has 2 heterocycles. The average Bonchev–Trinajstić information content (AvgIpc) is 3.42. The topological polar surface area (TPSA) is 85.6 Å². The van der Waals surface area contributed by atoms with Gasteiger partial charge in [0.05, 0.1) is 26.3 Å². The Kier molecular flexibility index (Phi) is 9.78. The van der Waals surface area contributed by atoms with Crippen LogP contribution in [-0.4, -0.2) is 46.1 Å². The maximum absolute atomic E-state index is 6.26. The molecule has 9 heteroatoms. The number of rotatable bonds is 7. The molecule has 1 aliphatic heterocycles. The summed E-state index contributed by atoms with van der Waals surface area (Å²) in [6, 6.07) is 6.80. The van der Waals surface area contributed by atoms with Crippen molar-refractivity contribution in [1.29, 1.82) is 0 Å². The van der Waals surface area contributed by atoms with Gasteiger partial charge >= 0.3 is 0 Å². The molecule has 1 saturated carbocycles. The van der Waals surface area contributed by atoms with Crippen LogP contribution >= 0.6 is 24.0 Å². The number of nitrogens with zero attached hydrogens (tertiary/aromatic N) is 4. The molecule has 2 fully saturated rings. The molecule has 0 bridgehead atoms. The van der Waals surface area contributed by atoms with Crippen LogP contribution in [0.4, 0.5) is 0 Å². The second-order valence-electron chi connectivity index (χ2n) is 8.93. The molecule has 33 heavy (non-hydrogen) atoms. The Balaban J connectivity index is 0.00000306. The van der Waals surface area contributed by atoms with Crippen LogP contribution in [0.3, 0.4) is 0 Å². The van der Waals surface area contributed by atoms with E-state index < -0.39 is 0 Å². The molecule has 1 saturated heterocycles. The van der Waals surface area contributed by atoms with Crippen molar-refractivity contribution in [3.05, 3.63) is 41.0 Å². The molecule has 0 spiro atoms. The van der Waals surface area contributed by atoms with E-state index in [9.17, 15) is 0 Å². The first kappa shape index (κ1) is 25.7. The fourth-order valence-electron chi connectivity index (χ4n) is 4.21. The van der Waals surface area contributed by atoms with Crippen molar-refractivity contribution in [3.63, 3.8) is 0 Å². The van der Waals surface area contributed by atoms with Gasteiger partial charge in [0.2, 0.25) is 0 Å². The predicted molar refractivity (Wildman–Crippen MR) is 140 cm³/mol. The molecule has 1 atom stereocenters. The summed E-state index contributed by atoms with van der Waals surface area (Å²) in [6.07, 6.45) is 7.29. The quantitative estimate of drug-likeness (QED) is 0.301. The van der Waals surface area contributed by atoms with Gasteiger partial charge in [0, 0.05) is 25.1 Å². The van der Waals surface area contributed by atoms with Gasteiger partial charge in [-0.2, -0.15) is 0 Å². The summed E-state index contributed by atoms with van der Waals surface area (Å²) in [5, 5.41) is 15.5. The van der Waals surface area contributed by atoms with Gasteiger partial charge < -0.3 is 24.7 Å². The smallest absolute Gasteiger partial charge is 0.192 e. The molecule has 2 aliphatic rings. The first-order valence-corrected chi connectivity index (χ1v) is 11.8. The zero-order chi connectivity index (χ0) is 22.3. The van der Waals surface area contributed by atoms with Crippen LogP contribution in [0, 0.1) is 13.8 Å². The summed E-state index contributed by atoms with van der Waals surface area (Å²) in [7, 11) is 1.99. The number of halogens is 1. The summed E-state index contributed by atoms with van der Waals surface area (Å²) in [4.78, 5) is 4.93. The Bertz CT molecular complexity index is 920. The minimum atomic E-state index is 0. The Labute approximate surface area is 214 Å². The minimum absolute atomic E-state index is 0. The standard InChI is InChI=1S/C24H36N6O2.HI/c1-17-9-10-19(22(13-17)32-21-11-12-31-16-21)14-25-24(27-20-7-5-4-6-8-20)26-15-23-29-28-18(2)30(23)3;/h9-10,13,20-21H,4-8,11-12,14-16H2,1-3H3,(H2,25,26,27);1H. The molecule has 1 aromatic carbocycles. The SMILES string of the molecule is Cc1ccc(CN=C(NCc2nnc(C)n2C)NC2CCCCC2)c(OC2CCOC2)c1.I. The van der Waals surface area contributed by atoms with Gasteiger partial charge in [0.1, 0.15) is 17.7 Å². The number of ether oxygens (including phenoxy) is 2. The lowest BCUT2D eigenvalue weighted by atomic mass is 9.96. The van der Waals surface area contributed by atoms with Crippen molar-refractivity contribution in [2.24, 2.45) is 12.0 Å². The lowest BCUT2D eigenvalue weighted by Crippen LogP contribution is -2.44. The second-order valence-corrected chi connectivity index (χ2v) is 8.93. The third-order valence-corrected chi connectivity index (χ3v) is 6.35. The van der Waals surface area contributed by atoms with E-state index in [1.54, 1.807) is 0 Å². The molecule has 0 radical (unpaired) electrons. The van der Waals surface area contributed by atoms with E-state index in [0.29, 0.717) is 25.7 Å². The molecule has 4 rings (SSSR count). The Hall–Kier alpha value is -1.88. The number of aryl methyl sites for hydroxylation is 2. The first-order chi connectivity index (χ1) is 15.6. The van der Waals surface area contributed by atoms with E-state index in [1.165, 1.54) is 37.7 Å². The first-order valence-electron chi connectivity index (χ1n) is 11.8. The van der Waals surface area contributed by atoms with Gasteiger partial charge in [-0.25, -0.2) is 4.99 Å². The third-order valence-electron chi connectivity index (χ3n) is 6.35. The van der Waals surface area contributed by atoms with Crippen LogP contribution in [0.2, 0.25) is 0 Å². The molecule has 2 N–H and O–H groups in total. The monoisotopic (exact) mass is 568 g/mol. The summed E-state index contributed by atoms with van der Waals surface area (Å²) < 4.78 is 13.7. The van der Waals surface area contributed by atoms with Crippen molar-refractivity contribution in [1.82, 2.24) is 25.4 Å². The fraction of sp³-hybridized carbons (Fsp3) is 0.625. The van der Waals surface area contributed by atoms with Crippen molar-refractivity contribution in [2.45, 2.75) is 77.6 Å². The molecule has 8 nitrogen and oxygen atoms in total. The second kappa shape index (κ2) is 12.5. The largest absolute Gasteiger partial charge is 0.488 e. The highest BCUT2D eigenvalue weighted by Gasteiger charge is 2.19. The minimum Gasteiger partial charge on any atom is -0.488 e. The van der Waals surface area contributed by atoms with Crippen LogP contribution < -0.4 is 15.4 Å². The summed E-state index contributed by atoms with van der Waals surface area (Å²) >= 11 is 0. The summed E-state index contributed by atoms with van der Waals surface area (Å²) in [6.45, 7) is 6.59. The zero-order valence-electron chi connectivity index (χ0n) is 20.0. The Morgan fingerprint density at radius 3 is 2.70 bits per heavy atom. The van der Waals surface area contributed by atoms with Gasteiger partial charge in [-0.1, -0.05) is 31.4 Å². The summed E-state index contributed by atoms with van der Waals surface area (Å²) in [5.41, 5.74) is 2.27. The normalized spacial score (nSPS) is 19.2. The molecule has 182 valence electrons. The highest BCUT2D eigenvalue weighted by molar-refractivity contribution is 14.0. The van der Waals surface area contributed by atoms with E-state index in [1.807, 2.05) is 18.5 Å². The highest BCUT2D eigenvalue weighted by Crippen LogP contribution is 2.25. The van der Waals surface area contributed by atoms with Crippen LogP contribution in [0.5, 0.6) is 5.75 Å². The molecule has 2 aromatic rings. The maximum atomic E-state index is 6.26. The number of hydrogen-bond donors (Lipinski definition) is 2. The van der Waals surface area contributed by atoms with Crippen molar-refractivity contribution in [2.75, 3.05) is 13.2 Å². The van der Waals surface area contributed by atoms with E-state index in [-0.39, 0.29) is 30.1 Å². The molecule has 1 aliphatic carbocycles. The number of nitrogens with one attached hydrogen (secondary N) is 2. The lowest BCUT2D eigenvalue weighted by molar-refractivity contribution is 0.140. The van der Waals surface area contributed by atoms with Crippen molar-refractivity contribution < 1.29 is 9.47 Å². The average molecular weight is 569 g/mol. The van der Waals surface area contributed by atoms with Gasteiger partial charge in [-0.05, 0) is 38.3 Å². The van der Waals surface area contributed by atoms with E-state index >= 15 is 0 Å². The number of aliphatic imine (C=N–C) groups is 1. The number of benzene rings is 1. The lowest BCUT2D eigenvalue weighted by Gasteiger charge is -2.25. The number of guanidine groups is 1. The van der Waals surface area contributed by atoms with E-state index in [0.717, 1.165) is 41.9 Å². The Morgan fingerprint density at radius 2 is 2.00 bits per heavy atom. The van der Waals surface area contributed by atoms with Gasteiger partial charge in [0.25, 0.3) is 0 Å². The van der Waals surface area contributed by atoms with Crippen LogP contribution in [0.25, 0.3) is 0 Å². The number of aromatic nitrogens is 3. The molecule has 0 amide bonds. The maximum Gasteiger partial charge on any atom is 0.192 e. The predicted octanol–water partition coefficient (Wildman–Crippen LogP) is 3.79. The molecular weight excluding hydrogens is 531 g/mol. The number of hydrogen-bond acceptors (Lipinski definition) is 5. The van der Waals surface area contributed by atoms with Gasteiger partial charge in [0.15, 0.2) is 11.8 Å². The van der Waals surface area contributed by atoms with Crippen LogP contribution in [0.1, 0.15) is 61.3 Å². The van der Waals surface area contributed by atoms with Gasteiger partial charge in [-0.15, -0.1) is 34.2 Å². The van der Waals surface area contributed by atoms with Gasteiger partial charge in [-0.3, -0.25) is 0 Å².